The van der Waals surface area contributed by atoms with Gasteiger partial charge in [0.05, 0.1) is 12.5 Å². The van der Waals surface area contributed by atoms with Gasteiger partial charge >= 0.3 is 0 Å². The second-order valence-corrected chi connectivity index (χ2v) is 8.17. The SMILES string of the molecule is Cc1cc(OC(C)C)ccc1NC(=O)Cc1ccc(NC(=O)c2cc3ccccc3o2)cc1. The Morgan fingerprint density at radius 1 is 0.939 bits per heavy atom. The van der Waals surface area contributed by atoms with Crippen LogP contribution in [-0.4, -0.2) is 17.9 Å². The molecule has 0 atom stereocenters. The summed E-state index contributed by atoms with van der Waals surface area (Å²) in [6.07, 6.45) is 0.318. The summed E-state index contributed by atoms with van der Waals surface area (Å²) in [5, 5.41) is 6.64. The fourth-order valence-electron chi connectivity index (χ4n) is 3.49. The van der Waals surface area contributed by atoms with Crippen molar-refractivity contribution in [3.8, 4) is 5.75 Å². The molecule has 0 aliphatic carbocycles. The van der Waals surface area contributed by atoms with Gasteiger partial charge in [0.2, 0.25) is 5.91 Å². The van der Waals surface area contributed by atoms with Gasteiger partial charge in [0.25, 0.3) is 5.91 Å². The van der Waals surface area contributed by atoms with Crippen molar-refractivity contribution < 1.29 is 18.7 Å². The number of carbonyl (C=O) groups excluding carboxylic acids is 2. The Balaban J connectivity index is 1.34. The minimum Gasteiger partial charge on any atom is -0.491 e. The molecule has 33 heavy (non-hydrogen) atoms. The lowest BCUT2D eigenvalue weighted by molar-refractivity contribution is -0.115. The molecular weight excluding hydrogens is 416 g/mol. The number of ether oxygens (including phenoxy) is 1. The number of para-hydroxylation sites is 1. The van der Waals surface area contributed by atoms with Gasteiger partial charge in [0, 0.05) is 16.8 Å². The summed E-state index contributed by atoms with van der Waals surface area (Å²) in [7, 11) is 0. The number of amides is 2. The minimum absolute atomic E-state index is 0.0938. The summed E-state index contributed by atoms with van der Waals surface area (Å²) >= 11 is 0. The summed E-state index contributed by atoms with van der Waals surface area (Å²) in [4.78, 5) is 25.0. The molecule has 1 aromatic heterocycles. The van der Waals surface area contributed by atoms with Gasteiger partial charge in [-0.25, -0.2) is 0 Å². The molecule has 0 aliphatic rings. The summed E-state index contributed by atoms with van der Waals surface area (Å²) in [5.41, 5.74) is 3.82. The molecule has 0 saturated carbocycles. The molecule has 6 heteroatoms. The summed E-state index contributed by atoms with van der Waals surface area (Å²) in [5.74, 6) is 0.590. The zero-order valence-electron chi connectivity index (χ0n) is 18.8. The van der Waals surface area contributed by atoms with Crippen LogP contribution in [0.1, 0.15) is 35.5 Å². The third-order valence-electron chi connectivity index (χ3n) is 5.07. The average Bonchev–Trinajstić information content (AvgIpc) is 3.21. The molecule has 0 unspecified atom stereocenters. The zero-order valence-corrected chi connectivity index (χ0v) is 18.8. The fraction of sp³-hybridized carbons (Fsp3) is 0.185. The number of nitrogens with one attached hydrogen (secondary N) is 2. The minimum atomic E-state index is -0.322. The number of aryl methyl sites for hydroxylation is 1. The molecule has 0 aliphatic heterocycles. The van der Waals surface area contributed by atoms with Gasteiger partial charge in [0.1, 0.15) is 11.3 Å². The van der Waals surface area contributed by atoms with Crippen LogP contribution in [0.25, 0.3) is 11.0 Å². The van der Waals surface area contributed by atoms with Crippen molar-refractivity contribution in [1.29, 1.82) is 0 Å². The normalized spacial score (nSPS) is 10.9. The molecule has 2 N–H and O–H groups in total. The van der Waals surface area contributed by atoms with Crippen LogP contribution < -0.4 is 15.4 Å². The monoisotopic (exact) mass is 442 g/mol. The van der Waals surface area contributed by atoms with E-state index < -0.39 is 0 Å². The molecule has 3 aromatic carbocycles. The van der Waals surface area contributed by atoms with E-state index in [0.717, 1.165) is 28.0 Å². The van der Waals surface area contributed by atoms with Gasteiger partial charge in [-0.1, -0.05) is 30.3 Å². The summed E-state index contributed by atoms with van der Waals surface area (Å²) in [6.45, 7) is 5.88. The molecule has 2 amide bonds. The average molecular weight is 443 g/mol. The number of furan rings is 1. The Labute approximate surface area is 192 Å². The predicted molar refractivity (Wildman–Crippen MR) is 130 cm³/mol. The first-order valence-corrected chi connectivity index (χ1v) is 10.8. The van der Waals surface area contributed by atoms with E-state index in [1.807, 2.05) is 75.4 Å². The van der Waals surface area contributed by atoms with Crippen LogP contribution in [0.15, 0.2) is 77.2 Å². The molecular formula is C27H26N2O4. The van der Waals surface area contributed by atoms with Crippen molar-refractivity contribution in [1.82, 2.24) is 0 Å². The maximum absolute atomic E-state index is 12.5. The summed E-state index contributed by atoms with van der Waals surface area (Å²) < 4.78 is 11.3. The third-order valence-corrected chi connectivity index (χ3v) is 5.07. The van der Waals surface area contributed by atoms with Crippen molar-refractivity contribution >= 4 is 34.2 Å². The van der Waals surface area contributed by atoms with Crippen molar-refractivity contribution in [3.63, 3.8) is 0 Å². The quantitative estimate of drug-likeness (QED) is 0.370. The standard InChI is InChI=1S/C27H26N2O4/c1-17(2)32-22-12-13-23(18(3)14-22)29-26(30)15-19-8-10-21(11-9-19)28-27(31)25-16-20-6-4-5-7-24(20)33-25/h4-14,16-17H,15H2,1-3H3,(H,28,31)(H,29,30). The highest BCUT2D eigenvalue weighted by Gasteiger charge is 2.13. The van der Waals surface area contributed by atoms with Gasteiger partial charge in [-0.2, -0.15) is 0 Å². The van der Waals surface area contributed by atoms with Gasteiger partial charge in [0.15, 0.2) is 5.76 Å². The molecule has 0 radical (unpaired) electrons. The van der Waals surface area contributed by atoms with Crippen LogP contribution in [0.5, 0.6) is 5.75 Å². The van der Waals surface area contributed by atoms with Gasteiger partial charge in [-0.15, -0.1) is 0 Å². The Hall–Kier alpha value is -4.06. The number of hydrogen-bond donors (Lipinski definition) is 2. The lowest BCUT2D eigenvalue weighted by Crippen LogP contribution is -2.15. The van der Waals surface area contributed by atoms with E-state index in [0.29, 0.717) is 11.3 Å². The number of carbonyl (C=O) groups is 2. The first-order valence-electron chi connectivity index (χ1n) is 10.8. The van der Waals surface area contributed by atoms with Crippen molar-refractivity contribution in [2.45, 2.75) is 33.3 Å². The van der Waals surface area contributed by atoms with Crippen LogP contribution in [-0.2, 0) is 11.2 Å². The lowest BCUT2D eigenvalue weighted by Gasteiger charge is -2.13. The Morgan fingerprint density at radius 3 is 2.39 bits per heavy atom. The van der Waals surface area contributed by atoms with E-state index in [9.17, 15) is 9.59 Å². The highest BCUT2D eigenvalue weighted by molar-refractivity contribution is 6.04. The van der Waals surface area contributed by atoms with Crippen molar-refractivity contribution in [2.75, 3.05) is 10.6 Å². The van der Waals surface area contributed by atoms with E-state index in [1.165, 1.54) is 0 Å². The number of rotatable bonds is 7. The van der Waals surface area contributed by atoms with Gasteiger partial charge < -0.3 is 19.8 Å². The van der Waals surface area contributed by atoms with Crippen LogP contribution >= 0.6 is 0 Å². The van der Waals surface area contributed by atoms with Gasteiger partial charge in [-0.05, 0) is 74.4 Å². The first kappa shape index (κ1) is 22.1. The highest BCUT2D eigenvalue weighted by Crippen LogP contribution is 2.23. The first-order chi connectivity index (χ1) is 15.9. The molecule has 0 fully saturated rings. The molecule has 4 aromatic rings. The molecule has 4 rings (SSSR count). The van der Waals surface area contributed by atoms with E-state index in [1.54, 1.807) is 18.2 Å². The predicted octanol–water partition coefficient (Wildman–Crippen LogP) is 5.96. The van der Waals surface area contributed by atoms with E-state index in [4.69, 9.17) is 9.15 Å². The molecule has 6 nitrogen and oxygen atoms in total. The topological polar surface area (TPSA) is 80.6 Å². The largest absolute Gasteiger partial charge is 0.491 e. The van der Waals surface area contributed by atoms with Crippen LogP contribution in [0.4, 0.5) is 11.4 Å². The van der Waals surface area contributed by atoms with Crippen LogP contribution in [0, 0.1) is 6.92 Å². The van der Waals surface area contributed by atoms with Crippen molar-refractivity contribution in [3.05, 3.63) is 89.7 Å². The molecule has 168 valence electrons. The Bertz CT molecular complexity index is 1260. The lowest BCUT2D eigenvalue weighted by atomic mass is 10.1. The van der Waals surface area contributed by atoms with E-state index >= 15 is 0 Å². The Kier molecular flexibility index (Phi) is 6.45. The maximum Gasteiger partial charge on any atom is 0.291 e. The molecule has 1 heterocycles. The second kappa shape index (κ2) is 9.61. The second-order valence-electron chi connectivity index (χ2n) is 8.17. The molecule has 0 spiro atoms. The highest BCUT2D eigenvalue weighted by atomic mass is 16.5. The smallest absolute Gasteiger partial charge is 0.291 e. The number of benzene rings is 3. The van der Waals surface area contributed by atoms with Crippen LogP contribution in [0.3, 0.4) is 0 Å². The van der Waals surface area contributed by atoms with Crippen molar-refractivity contribution in [2.24, 2.45) is 0 Å². The summed E-state index contributed by atoms with van der Waals surface area (Å²) in [6, 6.07) is 22.0. The molecule has 0 bridgehead atoms. The van der Waals surface area contributed by atoms with E-state index in [2.05, 4.69) is 10.6 Å². The molecule has 0 saturated heterocycles. The number of fused-ring (bicyclic) bond motifs is 1. The zero-order chi connectivity index (χ0) is 23.4. The number of anilines is 2. The Morgan fingerprint density at radius 2 is 1.70 bits per heavy atom. The fourth-order valence-corrected chi connectivity index (χ4v) is 3.49. The van der Waals surface area contributed by atoms with E-state index in [-0.39, 0.29) is 30.1 Å². The van der Waals surface area contributed by atoms with Crippen LogP contribution in [0.2, 0.25) is 0 Å². The maximum atomic E-state index is 12.5. The van der Waals surface area contributed by atoms with Gasteiger partial charge in [-0.3, -0.25) is 9.59 Å². The third kappa shape index (κ3) is 5.60. The number of hydrogen-bond acceptors (Lipinski definition) is 4.